The normalized spacial score (nSPS) is 9.62. The molecule has 5 heteroatoms. The van der Waals surface area contributed by atoms with Gasteiger partial charge in [0.15, 0.2) is 0 Å². The molecular weight excluding hydrogens is 188 g/mol. The van der Waals surface area contributed by atoms with Crippen molar-refractivity contribution in [2.75, 3.05) is 0 Å². The van der Waals surface area contributed by atoms with E-state index in [-0.39, 0.29) is 18.1 Å². The zero-order valence-corrected chi connectivity index (χ0v) is 8.06. The van der Waals surface area contributed by atoms with Gasteiger partial charge in [0.2, 0.25) is 5.91 Å². The number of carbonyl (C=O) groups excluding carboxylic acids is 2. The van der Waals surface area contributed by atoms with Crippen molar-refractivity contribution in [1.82, 2.24) is 10.3 Å². The fraction of sp³-hybridized carbons (Fsp3) is 0.375. The van der Waals surface area contributed by atoms with Crippen molar-refractivity contribution in [3.05, 3.63) is 16.6 Å². The van der Waals surface area contributed by atoms with E-state index in [4.69, 9.17) is 0 Å². The molecule has 0 fully saturated rings. The minimum atomic E-state index is -0.250. The van der Waals surface area contributed by atoms with Gasteiger partial charge in [0.25, 0.3) is 0 Å². The number of carbonyl (C=O) groups is 2. The van der Waals surface area contributed by atoms with Gasteiger partial charge in [0, 0.05) is 5.38 Å². The van der Waals surface area contributed by atoms with E-state index in [9.17, 15) is 9.59 Å². The van der Waals surface area contributed by atoms with Gasteiger partial charge in [-0.1, -0.05) is 0 Å². The Morgan fingerprint density at radius 1 is 1.62 bits per heavy atom. The summed E-state index contributed by atoms with van der Waals surface area (Å²) in [4.78, 5) is 25.5. The first-order chi connectivity index (χ1) is 6.18. The molecule has 0 spiro atoms. The summed E-state index contributed by atoms with van der Waals surface area (Å²) in [5.41, 5.74) is 2.52. The van der Waals surface area contributed by atoms with Crippen LogP contribution in [-0.2, 0) is 16.1 Å². The quantitative estimate of drug-likeness (QED) is 0.726. The maximum atomic E-state index is 11.0. The van der Waals surface area contributed by atoms with Gasteiger partial charge in [-0.15, -0.1) is 11.3 Å². The van der Waals surface area contributed by atoms with Crippen LogP contribution in [0, 0.1) is 0 Å². The highest BCUT2D eigenvalue weighted by Crippen LogP contribution is 1.99. The van der Waals surface area contributed by atoms with E-state index >= 15 is 0 Å². The van der Waals surface area contributed by atoms with Crippen LogP contribution < -0.4 is 5.32 Å². The van der Waals surface area contributed by atoms with E-state index in [1.54, 1.807) is 5.51 Å². The molecule has 0 aliphatic rings. The second-order valence-corrected chi connectivity index (χ2v) is 3.35. The topological polar surface area (TPSA) is 59.1 Å². The second kappa shape index (κ2) is 4.71. The van der Waals surface area contributed by atoms with Crippen molar-refractivity contribution in [1.29, 1.82) is 0 Å². The SMILES string of the molecule is CC(=O)CC(=O)NCc1cscn1. The summed E-state index contributed by atoms with van der Waals surface area (Å²) < 4.78 is 0. The number of nitrogens with one attached hydrogen (secondary N) is 1. The Labute approximate surface area is 80.0 Å². The van der Waals surface area contributed by atoms with Crippen LogP contribution in [0.15, 0.2) is 10.9 Å². The number of Topliss-reactive ketones (excluding diaryl/α,β-unsaturated/α-hetero) is 1. The van der Waals surface area contributed by atoms with Crippen molar-refractivity contribution < 1.29 is 9.59 Å². The first-order valence-electron chi connectivity index (χ1n) is 3.81. The van der Waals surface area contributed by atoms with E-state index in [0.29, 0.717) is 6.54 Å². The maximum absolute atomic E-state index is 11.0. The smallest absolute Gasteiger partial charge is 0.227 e. The second-order valence-electron chi connectivity index (χ2n) is 2.64. The lowest BCUT2D eigenvalue weighted by atomic mass is 10.3. The fourth-order valence-electron chi connectivity index (χ4n) is 0.803. The third-order valence-electron chi connectivity index (χ3n) is 1.36. The molecule has 0 aliphatic heterocycles. The molecule has 1 aromatic heterocycles. The van der Waals surface area contributed by atoms with Crippen LogP contribution in [0.2, 0.25) is 0 Å². The molecule has 0 aromatic carbocycles. The Kier molecular flexibility index (Phi) is 3.57. The van der Waals surface area contributed by atoms with Crippen LogP contribution >= 0.6 is 11.3 Å². The third kappa shape index (κ3) is 3.80. The van der Waals surface area contributed by atoms with Gasteiger partial charge in [-0.05, 0) is 6.92 Å². The Bertz CT molecular complexity index is 295. The molecule has 0 unspecified atom stereocenters. The number of amides is 1. The molecule has 1 N–H and O–H groups in total. The standard InChI is InChI=1S/C8H10N2O2S/c1-6(11)2-8(12)9-3-7-4-13-5-10-7/h4-5H,2-3H2,1H3,(H,9,12). The molecular formula is C8H10N2O2S. The monoisotopic (exact) mass is 198 g/mol. The van der Waals surface area contributed by atoms with Gasteiger partial charge in [0.1, 0.15) is 5.78 Å². The van der Waals surface area contributed by atoms with E-state index in [0.717, 1.165) is 5.69 Å². The van der Waals surface area contributed by atoms with Crippen LogP contribution in [-0.4, -0.2) is 16.7 Å². The summed E-state index contributed by atoms with van der Waals surface area (Å²) >= 11 is 1.48. The van der Waals surface area contributed by atoms with Gasteiger partial charge < -0.3 is 5.32 Å². The van der Waals surface area contributed by atoms with Crippen molar-refractivity contribution in [2.24, 2.45) is 0 Å². The van der Waals surface area contributed by atoms with Gasteiger partial charge in [0.05, 0.1) is 24.2 Å². The Balaban J connectivity index is 2.27. The van der Waals surface area contributed by atoms with Crippen LogP contribution in [0.5, 0.6) is 0 Å². The number of nitrogens with zero attached hydrogens (tertiary/aromatic N) is 1. The van der Waals surface area contributed by atoms with E-state index in [1.807, 2.05) is 5.38 Å². The molecule has 1 heterocycles. The van der Waals surface area contributed by atoms with E-state index in [1.165, 1.54) is 18.3 Å². The first-order valence-corrected chi connectivity index (χ1v) is 4.76. The van der Waals surface area contributed by atoms with Crippen molar-refractivity contribution in [2.45, 2.75) is 19.9 Å². The Morgan fingerprint density at radius 2 is 2.38 bits per heavy atom. The molecule has 0 radical (unpaired) electrons. The number of hydrogen-bond donors (Lipinski definition) is 1. The molecule has 13 heavy (non-hydrogen) atoms. The fourth-order valence-corrected chi connectivity index (χ4v) is 1.36. The molecule has 0 aliphatic carbocycles. The van der Waals surface area contributed by atoms with Gasteiger partial charge >= 0.3 is 0 Å². The van der Waals surface area contributed by atoms with Crippen molar-refractivity contribution in [3.8, 4) is 0 Å². The first kappa shape index (κ1) is 9.85. The zero-order chi connectivity index (χ0) is 9.68. The molecule has 70 valence electrons. The molecule has 0 saturated carbocycles. The van der Waals surface area contributed by atoms with Crippen molar-refractivity contribution in [3.63, 3.8) is 0 Å². The Hall–Kier alpha value is -1.23. The summed E-state index contributed by atoms with van der Waals surface area (Å²) in [6.07, 6.45) is -0.0515. The molecule has 0 saturated heterocycles. The van der Waals surface area contributed by atoms with Crippen molar-refractivity contribution >= 4 is 23.0 Å². The molecule has 4 nitrogen and oxygen atoms in total. The molecule has 1 amide bonds. The average Bonchev–Trinajstić information content (AvgIpc) is 2.51. The van der Waals surface area contributed by atoms with Gasteiger partial charge in [-0.25, -0.2) is 4.98 Å². The van der Waals surface area contributed by atoms with Crippen LogP contribution in [0.3, 0.4) is 0 Å². The summed E-state index contributed by atoms with van der Waals surface area (Å²) in [5.74, 6) is -0.378. The predicted octanol–water partition coefficient (Wildman–Crippen LogP) is 0.738. The Morgan fingerprint density at radius 3 is 2.92 bits per heavy atom. The molecule has 0 atom stereocenters. The molecule has 1 rings (SSSR count). The minimum absolute atomic E-state index is 0.0515. The zero-order valence-electron chi connectivity index (χ0n) is 7.24. The average molecular weight is 198 g/mol. The highest BCUT2D eigenvalue weighted by Gasteiger charge is 2.04. The van der Waals surface area contributed by atoms with Gasteiger partial charge in [-0.2, -0.15) is 0 Å². The lowest BCUT2D eigenvalue weighted by Crippen LogP contribution is -2.24. The van der Waals surface area contributed by atoms with Crippen LogP contribution in [0.25, 0.3) is 0 Å². The molecule has 0 bridgehead atoms. The number of rotatable bonds is 4. The largest absolute Gasteiger partial charge is 0.350 e. The predicted molar refractivity (Wildman–Crippen MR) is 49.3 cm³/mol. The van der Waals surface area contributed by atoms with Gasteiger partial charge in [-0.3, -0.25) is 9.59 Å². The lowest BCUT2D eigenvalue weighted by Gasteiger charge is -1.99. The number of aromatic nitrogens is 1. The summed E-state index contributed by atoms with van der Waals surface area (Å²) in [6.45, 7) is 1.79. The number of hydrogen-bond acceptors (Lipinski definition) is 4. The van der Waals surface area contributed by atoms with Crippen LogP contribution in [0.1, 0.15) is 19.0 Å². The summed E-state index contributed by atoms with van der Waals surface area (Å²) in [5, 5.41) is 4.46. The maximum Gasteiger partial charge on any atom is 0.227 e. The van der Waals surface area contributed by atoms with E-state index in [2.05, 4.69) is 10.3 Å². The highest BCUT2D eigenvalue weighted by atomic mass is 32.1. The van der Waals surface area contributed by atoms with Crippen LogP contribution in [0.4, 0.5) is 0 Å². The van der Waals surface area contributed by atoms with E-state index < -0.39 is 0 Å². The highest BCUT2D eigenvalue weighted by molar-refractivity contribution is 7.07. The third-order valence-corrected chi connectivity index (χ3v) is 1.99. The number of ketones is 1. The lowest BCUT2D eigenvalue weighted by molar-refractivity contribution is -0.127. The molecule has 1 aromatic rings. The number of thiazole rings is 1. The summed E-state index contributed by atoms with van der Waals surface area (Å²) in [6, 6.07) is 0. The summed E-state index contributed by atoms with van der Waals surface area (Å²) in [7, 11) is 0. The minimum Gasteiger partial charge on any atom is -0.350 e.